The third kappa shape index (κ3) is 3.75. The fourth-order valence-corrected chi connectivity index (χ4v) is 3.82. The number of rotatable bonds is 6. The summed E-state index contributed by atoms with van der Waals surface area (Å²) in [6, 6.07) is 3.91. The summed E-state index contributed by atoms with van der Waals surface area (Å²) in [4.78, 5) is 12.8. The molecular weight excluding hydrogens is 302 g/mol. The van der Waals surface area contributed by atoms with E-state index in [0.29, 0.717) is 24.2 Å². The van der Waals surface area contributed by atoms with Gasteiger partial charge in [0.25, 0.3) is 0 Å². The zero-order valence-corrected chi connectivity index (χ0v) is 15.1. The molecule has 1 unspecified atom stereocenters. The van der Waals surface area contributed by atoms with Crippen LogP contribution in [-0.2, 0) is 6.42 Å². The van der Waals surface area contributed by atoms with E-state index in [-0.39, 0.29) is 11.7 Å². The van der Waals surface area contributed by atoms with Crippen molar-refractivity contribution in [1.29, 1.82) is 0 Å². The fraction of sp³-hybridized carbons (Fsp3) is 0.650. The lowest BCUT2D eigenvalue weighted by molar-refractivity contribution is 0.0913. The summed E-state index contributed by atoms with van der Waals surface area (Å²) < 4.78 is 11.3. The number of hydrogen-bond acceptors (Lipinski definition) is 4. The van der Waals surface area contributed by atoms with Gasteiger partial charge in [-0.2, -0.15) is 0 Å². The largest absolute Gasteiger partial charge is 0.493 e. The summed E-state index contributed by atoms with van der Waals surface area (Å²) in [5.41, 5.74) is 1.96. The van der Waals surface area contributed by atoms with Gasteiger partial charge in [0.2, 0.25) is 0 Å². The molecule has 1 saturated heterocycles. The maximum Gasteiger partial charge on any atom is 0.166 e. The lowest BCUT2D eigenvalue weighted by atomic mass is 9.86. The minimum Gasteiger partial charge on any atom is -0.493 e. The number of benzene rings is 1. The molecule has 0 amide bonds. The van der Waals surface area contributed by atoms with E-state index in [9.17, 15) is 4.79 Å². The molecule has 132 valence electrons. The summed E-state index contributed by atoms with van der Waals surface area (Å²) in [5, 5.41) is 3.40. The van der Waals surface area contributed by atoms with E-state index in [2.05, 4.69) is 19.2 Å². The number of carbonyl (C=O) groups excluding carboxylic acids is 1. The maximum atomic E-state index is 12.8. The molecule has 24 heavy (non-hydrogen) atoms. The molecule has 3 rings (SSSR count). The van der Waals surface area contributed by atoms with Gasteiger partial charge in [-0.1, -0.05) is 13.8 Å². The van der Waals surface area contributed by atoms with Crippen molar-refractivity contribution in [2.45, 2.75) is 39.5 Å². The maximum absolute atomic E-state index is 12.8. The molecule has 1 fully saturated rings. The molecule has 0 spiro atoms. The van der Waals surface area contributed by atoms with E-state index < -0.39 is 0 Å². The quantitative estimate of drug-likeness (QED) is 0.867. The Kier molecular flexibility index (Phi) is 5.44. The van der Waals surface area contributed by atoms with Gasteiger partial charge in [0, 0.05) is 11.5 Å². The Morgan fingerprint density at radius 1 is 1.21 bits per heavy atom. The molecule has 0 aromatic heterocycles. The number of methoxy groups -OCH3 is 1. The molecule has 4 heteroatoms. The van der Waals surface area contributed by atoms with Crippen LogP contribution in [0.2, 0.25) is 0 Å². The molecule has 2 aliphatic rings. The van der Waals surface area contributed by atoms with Gasteiger partial charge in [0.05, 0.1) is 13.7 Å². The summed E-state index contributed by atoms with van der Waals surface area (Å²) in [7, 11) is 1.63. The highest BCUT2D eigenvalue weighted by Crippen LogP contribution is 2.39. The summed E-state index contributed by atoms with van der Waals surface area (Å²) in [5.74, 6) is 2.99. The molecule has 1 atom stereocenters. The molecule has 0 saturated carbocycles. The number of carbonyl (C=O) groups is 1. The average molecular weight is 331 g/mol. The third-order valence-corrected chi connectivity index (χ3v) is 5.14. The summed E-state index contributed by atoms with van der Waals surface area (Å²) in [6.45, 7) is 7.07. The lowest BCUT2D eigenvalue weighted by Gasteiger charge is -2.24. The first-order valence-electron chi connectivity index (χ1n) is 9.17. The first kappa shape index (κ1) is 17.3. The van der Waals surface area contributed by atoms with Crippen molar-refractivity contribution in [3.05, 3.63) is 23.3 Å². The van der Waals surface area contributed by atoms with Crippen molar-refractivity contribution in [3.8, 4) is 11.5 Å². The van der Waals surface area contributed by atoms with Crippen molar-refractivity contribution in [1.82, 2.24) is 5.32 Å². The van der Waals surface area contributed by atoms with Gasteiger partial charge in [-0.05, 0) is 68.3 Å². The van der Waals surface area contributed by atoms with Crippen molar-refractivity contribution in [3.63, 3.8) is 0 Å². The molecule has 0 radical (unpaired) electrons. The molecule has 1 aliphatic heterocycles. The SMILES string of the molecule is COc1cc2c(cc1OCC(C)C)CC(CC1CCNCC1)C2=O. The molecule has 4 nitrogen and oxygen atoms in total. The van der Waals surface area contributed by atoms with Crippen LogP contribution in [0.3, 0.4) is 0 Å². The molecule has 1 aromatic carbocycles. The second-order valence-corrected chi connectivity index (χ2v) is 7.56. The van der Waals surface area contributed by atoms with Crippen molar-refractivity contribution < 1.29 is 14.3 Å². The fourth-order valence-electron chi connectivity index (χ4n) is 3.82. The summed E-state index contributed by atoms with van der Waals surface area (Å²) >= 11 is 0. The molecule has 1 aliphatic carbocycles. The molecule has 1 heterocycles. The molecular formula is C20H29NO3. The zero-order chi connectivity index (χ0) is 17.1. The van der Waals surface area contributed by atoms with Crippen LogP contribution in [0.15, 0.2) is 12.1 Å². The topological polar surface area (TPSA) is 47.6 Å². The Bertz CT molecular complexity index is 591. The van der Waals surface area contributed by atoms with Crippen LogP contribution in [0, 0.1) is 17.8 Å². The number of hydrogen-bond donors (Lipinski definition) is 1. The van der Waals surface area contributed by atoms with E-state index in [1.165, 1.54) is 12.8 Å². The van der Waals surface area contributed by atoms with Gasteiger partial charge in [-0.15, -0.1) is 0 Å². The monoisotopic (exact) mass is 331 g/mol. The standard InChI is InChI=1S/C20H29NO3/c1-13(2)12-24-19-10-15-9-16(8-14-4-6-21-7-5-14)20(22)17(15)11-18(19)23-3/h10-11,13-14,16,21H,4-9,12H2,1-3H3. The second kappa shape index (κ2) is 7.56. The first-order valence-corrected chi connectivity index (χ1v) is 9.17. The van der Waals surface area contributed by atoms with Crippen LogP contribution in [0.5, 0.6) is 11.5 Å². The minimum absolute atomic E-state index is 0.133. The number of ketones is 1. The lowest BCUT2D eigenvalue weighted by Crippen LogP contribution is -2.29. The van der Waals surface area contributed by atoms with Gasteiger partial charge in [-0.25, -0.2) is 0 Å². The van der Waals surface area contributed by atoms with Crippen molar-refractivity contribution in [2.24, 2.45) is 17.8 Å². The van der Waals surface area contributed by atoms with Gasteiger partial charge in [0.15, 0.2) is 17.3 Å². The highest BCUT2D eigenvalue weighted by Gasteiger charge is 2.34. The number of ether oxygens (including phenoxy) is 2. The molecule has 1 aromatic rings. The van der Waals surface area contributed by atoms with E-state index in [4.69, 9.17) is 9.47 Å². The Morgan fingerprint density at radius 3 is 2.62 bits per heavy atom. The van der Waals surface area contributed by atoms with Gasteiger partial charge >= 0.3 is 0 Å². The van der Waals surface area contributed by atoms with Crippen molar-refractivity contribution >= 4 is 5.78 Å². The predicted molar refractivity (Wildman–Crippen MR) is 95.1 cm³/mol. The second-order valence-electron chi connectivity index (χ2n) is 7.56. The van der Waals surface area contributed by atoms with Crippen LogP contribution >= 0.6 is 0 Å². The van der Waals surface area contributed by atoms with Crippen LogP contribution in [0.4, 0.5) is 0 Å². The number of fused-ring (bicyclic) bond motifs is 1. The normalized spacial score (nSPS) is 21.2. The van der Waals surface area contributed by atoms with E-state index >= 15 is 0 Å². The van der Waals surface area contributed by atoms with Crippen LogP contribution in [-0.4, -0.2) is 32.6 Å². The van der Waals surface area contributed by atoms with E-state index in [1.54, 1.807) is 7.11 Å². The van der Waals surface area contributed by atoms with Crippen LogP contribution in [0.25, 0.3) is 0 Å². The Balaban J connectivity index is 1.74. The molecule has 0 bridgehead atoms. The Morgan fingerprint density at radius 2 is 1.96 bits per heavy atom. The third-order valence-electron chi connectivity index (χ3n) is 5.14. The van der Waals surface area contributed by atoms with Gasteiger partial charge in [-0.3, -0.25) is 4.79 Å². The highest BCUT2D eigenvalue weighted by atomic mass is 16.5. The first-order chi connectivity index (χ1) is 11.6. The van der Waals surface area contributed by atoms with Gasteiger partial charge in [0.1, 0.15) is 0 Å². The van der Waals surface area contributed by atoms with Crippen LogP contribution in [0.1, 0.15) is 49.0 Å². The number of nitrogens with one attached hydrogen (secondary N) is 1. The zero-order valence-electron chi connectivity index (χ0n) is 15.1. The molecule has 1 N–H and O–H groups in total. The average Bonchev–Trinajstić information content (AvgIpc) is 2.88. The van der Waals surface area contributed by atoms with E-state index in [0.717, 1.165) is 42.8 Å². The number of Topliss-reactive ketones (excluding diaryl/α,β-unsaturated/α-hetero) is 1. The minimum atomic E-state index is 0.133. The van der Waals surface area contributed by atoms with Crippen LogP contribution < -0.4 is 14.8 Å². The smallest absolute Gasteiger partial charge is 0.166 e. The Labute approximate surface area is 144 Å². The summed E-state index contributed by atoms with van der Waals surface area (Å²) in [6.07, 6.45) is 4.23. The Hall–Kier alpha value is -1.55. The predicted octanol–water partition coefficient (Wildman–Crippen LogP) is 3.47. The van der Waals surface area contributed by atoms with Gasteiger partial charge < -0.3 is 14.8 Å². The highest BCUT2D eigenvalue weighted by molar-refractivity contribution is 6.02. The van der Waals surface area contributed by atoms with E-state index in [1.807, 2.05) is 12.1 Å². The number of piperidine rings is 1. The van der Waals surface area contributed by atoms with Crippen molar-refractivity contribution in [2.75, 3.05) is 26.8 Å².